The van der Waals surface area contributed by atoms with Crippen LogP contribution < -0.4 is 4.74 Å². The van der Waals surface area contributed by atoms with Gasteiger partial charge in [-0.05, 0) is 18.2 Å². The van der Waals surface area contributed by atoms with E-state index in [4.69, 9.17) is 32.7 Å². The molecule has 0 saturated carbocycles. The van der Waals surface area contributed by atoms with Crippen molar-refractivity contribution in [3.63, 3.8) is 0 Å². The minimum absolute atomic E-state index is 0.266. The van der Waals surface area contributed by atoms with Crippen LogP contribution in [0.25, 0.3) is 0 Å². The predicted octanol–water partition coefficient (Wildman–Crippen LogP) is 1.45. The third kappa shape index (κ3) is 3.19. The van der Waals surface area contributed by atoms with Crippen molar-refractivity contribution in [2.75, 3.05) is 6.61 Å². The fourth-order valence-corrected chi connectivity index (χ4v) is 2.52. The average Bonchev–Trinajstić information content (AvgIpc) is 2.42. The molecule has 0 amide bonds. The minimum atomic E-state index is -1.24. The summed E-state index contributed by atoms with van der Waals surface area (Å²) in [7, 11) is 0. The zero-order valence-electron chi connectivity index (χ0n) is 10.7. The zero-order chi connectivity index (χ0) is 14.9. The SMILES string of the molecule is C[C@H]1[C@@H](O)[C@@H](O)C(Oc2ccc(Cl)cc2Cl)O[C@H]1CO. The van der Waals surface area contributed by atoms with Gasteiger partial charge >= 0.3 is 0 Å². The Balaban J connectivity index is 2.15. The van der Waals surface area contributed by atoms with Crippen LogP contribution in [0, 0.1) is 5.92 Å². The molecule has 0 radical (unpaired) electrons. The molecule has 1 aromatic rings. The summed E-state index contributed by atoms with van der Waals surface area (Å²) < 4.78 is 10.9. The van der Waals surface area contributed by atoms with Gasteiger partial charge in [0.1, 0.15) is 11.9 Å². The molecule has 3 N–H and O–H groups in total. The first-order valence-electron chi connectivity index (χ1n) is 6.18. The van der Waals surface area contributed by atoms with E-state index in [-0.39, 0.29) is 17.4 Å². The summed E-state index contributed by atoms with van der Waals surface area (Å²) in [5, 5.41) is 29.9. The molecular weight excluding hydrogens is 307 g/mol. The summed E-state index contributed by atoms with van der Waals surface area (Å²) in [5.41, 5.74) is 0. The van der Waals surface area contributed by atoms with Crippen LogP contribution in [0.1, 0.15) is 6.92 Å². The number of ether oxygens (including phenoxy) is 2. The molecule has 1 saturated heterocycles. The van der Waals surface area contributed by atoms with Crippen molar-refractivity contribution in [1.82, 2.24) is 0 Å². The third-order valence-electron chi connectivity index (χ3n) is 3.38. The largest absolute Gasteiger partial charge is 0.460 e. The van der Waals surface area contributed by atoms with Crippen LogP contribution in [0.3, 0.4) is 0 Å². The topological polar surface area (TPSA) is 79.2 Å². The lowest BCUT2D eigenvalue weighted by molar-refractivity contribution is -0.260. The summed E-state index contributed by atoms with van der Waals surface area (Å²) in [6.07, 6.45) is -4.03. The molecule has 1 unspecified atom stereocenters. The second kappa shape index (κ2) is 6.47. The van der Waals surface area contributed by atoms with Crippen LogP contribution in [0.5, 0.6) is 5.75 Å². The molecule has 1 aromatic carbocycles. The van der Waals surface area contributed by atoms with Gasteiger partial charge in [0.15, 0.2) is 0 Å². The second-order valence-corrected chi connectivity index (χ2v) is 5.60. The second-order valence-electron chi connectivity index (χ2n) is 4.76. The van der Waals surface area contributed by atoms with Crippen LogP contribution in [0.2, 0.25) is 10.0 Å². The zero-order valence-corrected chi connectivity index (χ0v) is 12.3. The van der Waals surface area contributed by atoms with Gasteiger partial charge in [-0.2, -0.15) is 0 Å². The number of hydrogen-bond donors (Lipinski definition) is 3. The molecule has 0 spiro atoms. The third-order valence-corrected chi connectivity index (χ3v) is 3.91. The van der Waals surface area contributed by atoms with Gasteiger partial charge < -0.3 is 24.8 Å². The maximum absolute atomic E-state index is 9.98. The maximum Gasteiger partial charge on any atom is 0.229 e. The monoisotopic (exact) mass is 322 g/mol. The maximum atomic E-state index is 9.98. The lowest BCUT2D eigenvalue weighted by atomic mass is 9.91. The smallest absolute Gasteiger partial charge is 0.229 e. The normalized spacial score (nSPS) is 34.0. The number of hydrogen-bond acceptors (Lipinski definition) is 5. The van der Waals surface area contributed by atoms with Gasteiger partial charge in [0.25, 0.3) is 0 Å². The predicted molar refractivity (Wildman–Crippen MR) is 74.0 cm³/mol. The number of rotatable bonds is 3. The summed E-state index contributed by atoms with van der Waals surface area (Å²) >= 11 is 11.8. The van der Waals surface area contributed by atoms with E-state index in [1.165, 1.54) is 6.07 Å². The Bertz CT molecular complexity index is 468. The van der Waals surface area contributed by atoms with Crippen LogP contribution in [-0.2, 0) is 4.74 Å². The first-order chi connectivity index (χ1) is 9.43. The van der Waals surface area contributed by atoms with Gasteiger partial charge in [-0.3, -0.25) is 0 Å². The highest BCUT2D eigenvalue weighted by Gasteiger charge is 2.43. The quantitative estimate of drug-likeness (QED) is 0.785. The number of benzene rings is 1. The molecule has 5 nitrogen and oxygen atoms in total. The number of aliphatic hydroxyl groups excluding tert-OH is 3. The summed E-state index contributed by atoms with van der Waals surface area (Å²) in [6, 6.07) is 4.62. The van der Waals surface area contributed by atoms with E-state index in [9.17, 15) is 15.3 Å². The van der Waals surface area contributed by atoms with Crippen LogP contribution in [-0.4, -0.2) is 46.5 Å². The van der Waals surface area contributed by atoms with E-state index in [0.717, 1.165) is 0 Å². The Hall–Kier alpha value is -0.560. The van der Waals surface area contributed by atoms with Crippen molar-refractivity contribution >= 4 is 23.2 Å². The molecule has 0 aliphatic carbocycles. The Morgan fingerprint density at radius 2 is 1.95 bits per heavy atom. The molecule has 1 aliphatic heterocycles. The van der Waals surface area contributed by atoms with Crippen molar-refractivity contribution in [3.8, 4) is 5.75 Å². The van der Waals surface area contributed by atoms with Crippen molar-refractivity contribution < 1.29 is 24.8 Å². The highest BCUT2D eigenvalue weighted by atomic mass is 35.5. The van der Waals surface area contributed by atoms with E-state index >= 15 is 0 Å². The minimum Gasteiger partial charge on any atom is -0.460 e. The Kier molecular flexibility index (Phi) is 5.12. The van der Waals surface area contributed by atoms with Crippen LogP contribution in [0.4, 0.5) is 0 Å². The van der Waals surface area contributed by atoms with E-state index in [1.807, 2.05) is 0 Å². The average molecular weight is 323 g/mol. The first kappa shape index (κ1) is 15.8. The fourth-order valence-electron chi connectivity index (χ4n) is 2.07. The van der Waals surface area contributed by atoms with E-state index in [1.54, 1.807) is 19.1 Å². The molecule has 20 heavy (non-hydrogen) atoms. The van der Waals surface area contributed by atoms with Crippen LogP contribution in [0.15, 0.2) is 18.2 Å². The van der Waals surface area contributed by atoms with Gasteiger partial charge in [-0.1, -0.05) is 30.1 Å². The fraction of sp³-hybridized carbons (Fsp3) is 0.538. The number of aliphatic hydroxyl groups is 3. The Morgan fingerprint density at radius 3 is 2.55 bits per heavy atom. The van der Waals surface area contributed by atoms with Gasteiger partial charge in [0.2, 0.25) is 6.29 Å². The molecule has 5 atom stereocenters. The number of halogens is 2. The van der Waals surface area contributed by atoms with Gasteiger partial charge in [0, 0.05) is 10.9 Å². The standard InChI is InChI=1S/C13H16Cl2O5/c1-6-10(5-16)20-13(12(18)11(6)17)19-9-3-2-7(14)4-8(9)15/h2-4,6,10-13,16-18H,5H2,1H3/t6-,10+,11-,12-,13?/m1/s1. The molecule has 1 fully saturated rings. The lowest BCUT2D eigenvalue weighted by Gasteiger charge is -2.40. The molecule has 0 bridgehead atoms. The van der Waals surface area contributed by atoms with Gasteiger partial charge in [-0.25, -0.2) is 0 Å². The van der Waals surface area contributed by atoms with Gasteiger partial charge in [-0.15, -0.1) is 0 Å². The van der Waals surface area contributed by atoms with E-state index < -0.39 is 30.5 Å². The van der Waals surface area contributed by atoms with Crippen molar-refractivity contribution in [2.45, 2.75) is 31.5 Å². The summed E-state index contributed by atoms with van der Waals surface area (Å²) in [5.74, 6) is -0.130. The molecule has 7 heteroatoms. The Morgan fingerprint density at radius 1 is 1.25 bits per heavy atom. The highest BCUT2D eigenvalue weighted by Crippen LogP contribution is 2.32. The van der Waals surface area contributed by atoms with E-state index in [2.05, 4.69) is 0 Å². The first-order valence-corrected chi connectivity index (χ1v) is 6.93. The Labute approximate surface area is 126 Å². The van der Waals surface area contributed by atoms with E-state index in [0.29, 0.717) is 5.02 Å². The summed E-state index contributed by atoms with van der Waals surface area (Å²) in [4.78, 5) is 0. The summed E-state index contributed by atoms with van der Waals surface area (Å²) in [6.45, 7) is 1.40. The van der Waals surface area contributed by atoms with Crippen molar-refractivity contribution in [2.24, 2.45) is 5.92 Å². The molecule has 112 valence electrons. The molecule has 0 aromatic heterocycles. The molecule has 2 rings (SSSR count). The molecule has 1 aliphatic rings. The molecular formula is C13H16Cl2O5. The highest BCUT2D eigenvalue weighted by molar-refractivity contribution is 6.35. The van der Waals surface area contributed by atoms with Crippen molar-refractivity contribution in [3.05, 3.63) is 28.2 Å². The van der Waals surface area contributed by atoms with Crippen LogP contribution >= 0.6 is 23.2 Å². The van der Waals surface area contributed by atoms with Crippen molar-refractivity contribution in [1.29, 1.82) is 0 Å². The van der Waals surface area contributed by atoms with Gasteiger partial charge in [0.05, 0.1) is 23.8 Å². The lowest BCUT2D eigenvalue weighted by Crippen LogP contribution is -2.56. The molecule has 1 heterocycles.